The lowest BCUT2D eigenvalue weighted by Gasteiger charge is -2.36. The van der Waals surface area contributed by atoms with E-state index >= 15 is 0 Å². The molecule has 3 aromatic carbocycles. The summed E-state index contributed by atoms with van der Waals surface area (Å²) in [6.07, 6.45) is 4.82. The van der Waals surface area contributed by atoms with Crippen molar-refractivity contribution in [3.8, 4) is 5.75 Å². The van der Waals surface area contributed by atoms with E-state index in [0.29, 0.717) is 23.7 Å². The van der Waals surface area contributed by atoms with Crippen LogP contribution < -0.4 is 4.74 Å². The number of H-pyrrole nitrogens is 1. The number of benzene rings is 3. The second-order valence-electron chi connectivity index (χ2n) is 9.15. The zero-order valence-electron chi connectivity index (χ0n) is 20.2. The van der Waals surface area contributed by atoms with Gasteiger partial charge in [0.25, 0.3) is 5.91 Å². The second kappa shape index (κ2) is 10.1. The summed E-state index contributed by atoms with van der Waals surface area (Å²) in [5.74, 6) is 0.809. The van der Waals surface area contributed by atoms with E-state index in [0.717, 1.165) is 47.3 Å². The number of hydrogen-bond donors (Lipinski definition) is 1. The highest BCUT2D eigenvalue weighted by Gasteiger charge is 2.35. The molecule has 6 rings (SSSR count). The predicted molar refractivity (Wildman–Crippen MR) is 143 cm³/mol. The molecule has 1 amide bonds. The number of amides is 1. The molecule has 2 aromatic heterocycles. The van der Waals surface area contributed by atoms with Crippen LogP contribution in [0.4, 0.5) is 0 Å². The lowest BCUT2D eigenvalue weighted by Crippen LogP contribution is -2.40. The number of aromatic nitrogens is 4. The first-order valence-corrected chi connectivity index (χ1v) is 12.8. The normalized spacial score (nSPS) is 15.1. The molecule has 186 valence electrons. The Kier molecular flexibility index (Phi) is 6.37. The van der Waals surface area contributed by atoms with Crippen molar-refractivity contribution in [2.24, 2.45) is 0 Å². The Morgan fingerprint density at radius 3 is 2.70 bits per heavy atom. The fourth-order valence-corrected chi connectivity index (χ4v) is 5.26. The molecule has 0 radical (unpaired) electrons. The fraction of sp³-hybridized carbons (Fsp3) is 0.207. The Balaban J connectivity index is 1.29. The highest BCUT2D eigenvalue weighted by molar-refractivity contribution is 6.31. The summed E-state index contributed by atoms with van der Waals surface area (Å²) in [4.78, 5) is 23.2. The molecule has 7 nitrogen and oxygen atoms in total. The zero-order chi connectivity index (χ0) is 25.2. The Bertz CT molecular complexity index is 1510. The third-order valence-electron chi connectivity index (χ3n) is 6.83. The van der Waals surface area contributed by atoms with Gasteiger partial charge in [-0.1, -0.05) is 41.9 Å². The summed E-state index contributed by atoms with van der Waals surface area (Å²) in [5.41, 5.74) is 4.99. The van der Waals surface area contributed by atoms with Gasteiger partial charge in [0.05, 0.1) is 12.6 Å². The lowest BCUT2D eigenvalue weighted by molar-refractivity contribution is 0.0692. The summed E-state index contributed by atoms with van der Waals surface area (Å²) in [6.45, 7) is 1.95. The molecule has 0 fully saturated rings. The highest BCUT2D eigenvalue weighted by atomic mass is 35.5. The van der Waals surface area contributed by atoms with Gasteiger partial charge in [0.1, 0.15) is 18.4 Å². The van der Waals surface area contributed by atoms with Crippen LogP contribution in [0.5, 0.6) is 5.75 Å². The molecule has 5 aromatic rings. The van der Waals surface area contributed by atoms with E-state index in [1.54, 1.807) is 11.0 Å². The van der Waals surface area contributed by atoms with Crippen molar-refractivity contribution in [1.82, 2.24) is 24.6 Å². The summed E-state index contributed by atoms with van der Waals surface area (Å²) in [6, 6.07) is 23.2. The molecule has 0 aliphatic carbocycles. The number of aryl methyl sites for hydroxylation is 1. The van der Waals surface area contributed by atoms with Gasteiger partial charge in [-0.3, -0.25) is 9.48 Å². The molecule has 1 atom stereocenters. The van der Waals surface area contributed by atoms with Crippen LogP contribution in [0, 0.1) is 0 Å². The van der Waals surface area contributed by atoms with Crippen molar-refractivity contribution in [2.45, 2.75) is 25.4 Å². The van der Waals surface area contributed by atoms with E-state index in [1.807, 2.05) is 65.6 Å². The van der Waals surface area contributed by atoms with Gasteiger partial charge in [-0.05, 0) is 60.0 Å². The van der Waals surface area contributed by atoms with Gasteiger partial charge in [0.15, 0.2) is 0 Å². The maximum Gasteiger partial charge on any atom is 0.254 e. The monoisotopic (exact) mass is 511 g/mol. The third-order valence-corrected chi connectivity index (χ3v) is 7.07. The minimum absolute atomic E-state index is 0.0152. The Hall–Kier alpha value is -4.10. The molecule has 0 saturated carbocycles. The Morgan fingerprint density at radius 2 is 1.92 bits per heavy atom. The zero-order valence-corrected chi connectivity index (χ0v) is 20.9. The first-order chi connectivity index (χ1) is 18.2. The largest absolute Gasteiger partial charge is 0.494 e. The van der Waals surface area contributed by atoms with Crippen LogP contribution in [0.3, 0.4) is 0 Å². The van der Waals surface area contributed by atoms with Gasteiger partial charge >= 0.3 is 0 Å². The number of halogens is 1. The molecule has 8 heteroatoms. The number of aromatic amines is 1. The lowest BCUT2D eigenvalue weighted by atomic mass is 9.91. The summed E-state index contributed by atoms with van der Waals surface area (Å²) in [7, 11) is 0. The molecule has 0 spiro atoms. The summed E-state index contributed by atoms with van der Waals surface area (Å²) in [5, 5.41) is 5.94. The van der Waals surface area contributed by atoms with Gasteiger partial charge in [0, 0.05) is 46.7 Å². The molecule has 0 bridgehead atoms. The number of carbonyl (C=O) groups excluding carboxylic acids is 1. The van der Waals surface area contributed by atoms with Crippen LogP contribution >= 0.6 is 11.6 Å². The fourth-order valence-electron chi connectivity index (χ4n) is 5.08. The van der Waals surface area contributed by atoms with Crippen LogP contribution in [-0.2, 0) is 13.0 Å². The molecule has 1 unspecified atom stereocenters. The summed E-state index contributed by atoms with van der Waals surface area (Å²) < 4.78 is 7.75. The average Bonchev–Trinajstić information content (AvgIpc) is 3.59. The minimum atomic E-state index is -0.246. The van der Waals surface area contributed by atoms with Crippen molar-refractivity contribution < 1.29 is 9.53 Å². The van der Waals surface area contributed by atoms with Crippen LogP contribution in [0.25, 0.3) is 10.9 Å². The van der Waals surface area contributed by atoms with Gasteiger partial charge in [0.2, 0.25) is 0 Å². The SMILES string of the molecule is O=C(c1ccccc1)N1CCc2c([nH]c3ccc(Cl)cc23)C1c1ccc(OCCCn2cncn2)cc1. The number of fused-ring (bicyclic) bond motifs is 3. The van der Waals surface area contributed by atoms with Crippen molar-refractivity contribution in [3.05, 3.63) is 113 Å². The third kappa shape index (κ3) is 4.70. The van der Waals surface area contributed by atoms with Crippen molar-refractivity contribution in [3.63, 3.8) is 0 Å². The predicted octanol–water partition coefficient (Wildman–Crippen LogP) is 5.67. The average molecular weight is 512 g/mol. The van der Waals surface area contributed by atoms with E-state index in [4.69, 9.17) is 16.3 Å². The molecular weight excluding hydrogens is 486 g/mol. The molecule has 3 heterocycles. The van der Waals surface area contributed by atoms with Gasteiger partial charge in [-0.25, -0.2) is 4.98 Å². The molecular formula is C29H26ClN5O2. The second-order valence-corrected chi connectivity index (χ2v) is 9.59. The van der Waals surface area contributed by atoms with E-state index < -0.39 is 0 Å². The van der Waals surface area contributed by atoms with Crippen LogP contribution in [-0.4, -0.2) is 43.7 Å². The maximum absolute atomic E-state index is 13.7. The molecule has 1 aliphatic rings. The quantitative estimate of drug-likeness (QED) is 0.286. The Morgan fingerprint density at radius 1 is 1.08 bits per heavy atom. The molecule has 37 heavy (non-hydrogen) atoms. The number of rotatable bonds is 7. The molecule has 0 saturated heterocycles. The number of ether oxygens (including phenoxy) is 1. The smallest absolute Gasteiger partial charge is 0.254 e. The standard InChI is InChI=1S/C29H26ClN5O2/c30-22-9-12-26-25(17-22)24-13-15-35(29(36)21-5-2-1-3-6-21)28(27(24)33-26)20-7-10-23(11-8-20)37-16-4-14-34-19-31-18-32-34/h1-3,5-12,17-19,28,33H,4,13-16H2. The van der Waals surface area contributed by atoms with E-state index in [9.17, 15) is 4.79 Å². The molecule has 1 aliphatic heterocycles. The number of nitrogens with one attached hydrogen (secondary N) is 1. The number of carbonyl (C=O) groups is 1. The minimum Gasteiger partial charge on any atom is -0.494 e. The number of hydrogen-bond acceptors (Lipinski definition) is 4. The molecule has 1 N–H and O–H groups in total. The topological polar surface area (TPSA) is 76.0 Å². The van der Waals surface area contributed by atoms with Gasteiger partial charge < -0.3 is 14.6 Å². The van der Waals surface area contributed by atoms with Crippen molar-refractivity contribution in [2.75, 3.05) is 13.2 Å². The van der Waals surface area contributed by atoms with Crippen molar-refractivity contribution in [1.29, 1.82) is 0 Å². The van der Waals surface area contributed by atoms with Crippen LogP contribution in [0.2, 0.25) is 5.02 Å². The first kappa shape index (κ1) is 23.3. The maximum atomic E-state index is 13.7. The van der Waals surface area contributed by atoms with Gasteiger partial charge in [-0.15, -0.1) is 0 Å². The van der Waals surface area contributed by atoms with Crippen LogP contribution in [0.15, 0.2) is 85.5 Å². The van der Waals surface area contributed by atoms with Crippen LogP contribution in [0.1, 0.15) is 39.6 Å². The highest BCUT2D eigenvalue weighted by Crippen LogP contribution is 2.40. The summed E-state index contributed by atoms with van der Waals surface area (Å²) >= 11 is 6.33. The van der Waals surface area contributed by atoms with Crippen molar-refractivity contribution >= 4 is 28.4 Å². The first-order valence-electron chi connectivity index (χ1n) is 12.4. The van der Waals surface area contributed by atoms with E-state index in [-0.39, 0.29) is 11.9 Å². The van der Waals surface area contributed by atoms with E-state index in [2.05, 4.69) is 27.2 Å². The Labute approximate surface area is 219 Å². The van der Waals surface area contributed by atoms with E-state index in [1.165, 1.54) is 11.9 Å². The number of nitrogens with zero attached hydrogens (tertiary/aromatic N) is 4. The van der Waals surface area contributed by atoms with Gasteiger partial charge in [-0.2, -0.15) is 5.10 Å².